The molecule has 0 aliphatic rings. The molecular formula is C10H21NaO3S. The van der Waals surface area contributed by atoms with Crippen molar-refractivity contribution in [3.05, 3.63) is 0 Å². The van der Waals surface area contributed by atoms with Crippen LogP contribution in [0, 0.1) is 0 Å². The zero-order valence-electron chi connectivity index (χ0n) is 10.2. The van der Waals surface area contributed by atoms with E-state index in [0.29, 0.717) is 12.8 Å². The summed E-state index contributed by atoms with van der Waals surface area (Å²) in [6, 6.07) is 0. The first kappa shape index (κ1) is 18.3. The van der Waals surface area contributed by atoms with Gasteiger partial charge in [0.2, 0.25) is 0 Å². The fourth-order valence-corrected chi connectivity index (χ4v) is 2.40. The van der Waals surface area contributed by atoms with Crippen LogP contribution >= 0.6 is 0 Å². The van der Waals surface area contributed by atoms with Crippen LogP contribution in [0.1, 0.15) is 58.8 Å². The van der Waals surface area contributed by atoms with Crippen LogP contribution < -0.4 is 29.6 Å². The third-order valence-corrected chi connectivity index (χ3v) is 3.71. The quantitative estimate of drug-likeness (QED) is 0.334. The SMILES string of the molecule is CCCCCC(CCCC)S(=O)(=O)[O-].[Na+]. The average Bonchev–Trinajstić information content (AvgIpc) is 2.09. The minimum Gasteiger partial charge on any atom is -0.748 e. The maximum Gasteiger partial charge on any atom is 1.00 e. The van der Waals surface area contributed by atoms with Crippen molar-refractivity contribution in [2.24, 2.45) is 0 Å². The predicted octanol–water partition coefficient (Wildman–Crippen LogP) is -0.325. The van der Waals surface area contributed by atoms with Gasteiger partial charge in [-0.25, -0.2) is 8.42 Å². The summed E-state index contributed by atoms with van der Waals surface area (Å²) in [4.78, 5) is 0. The Morgan fingerprint density at radius 1 is 1.00 bits per heavy atom. The zero-order valence-corrected chi connectivity index (χ0v) is 13.0. The summed E-state index contributed by atoms with van der Waals surface area (Å²) in [5.41, 5.74) is 0. The largest absolute Gasteiger partial charge is 1.00 e. The molecule has 0 spiro atoms. The topological polar surface area (TPSA) is 57.2 Å². The van der Waals surface area contributed by atoms with E-state index >= 15 is 0 Å². The molecule has 0 fully saturated rings. The van der Waals surface area contributed by atoms with Gasteiger partial charge in [0, 0.05) is 5.25 Å². The molecule has 0 aromatic heterocycles. The normalized spacial score (nSPS) is 13.3. The summed E-state index contributed by atoms with van der Waals surface area (Å²) in [6.07, 6.45) is 5.77. The predicted molar refractivity (Wildman–Crippen MR) is 57.2 cm³/mol. The van der Waals surface area contributed by atoms with Gasteiger partial charge in [-0.2, -0.15) is 0 Å². The molecule has 0 heterocycles. The van der Waals surface area contributed by atoms with E-state index in [-0.39, 0.29) is 29.6 Å². The molecule has 0 saturated heterocycles. The molecule has 0 aliphatic heterocycles. The van der Waals surface area contributed by atoms with Crippen LogP contribution in [-0.2, 0) is 10.1 Å². The molecule has 86 valence electrons. The summed E-state index contributed by atoms with van der Waals surface area (Å²) in [6.45, 7) is 4.06. The van der Waals surface area contributed by atoms with Crippen molar-refractivity contribution >= 4 is 10.1 Å². The Morgan fingerprint density at radius 2 is 1.47 bits per heavy atom. The molecule has 0 amide bonds. The van der Waals surface area contributed by atoms with Gasteiger partial charge in [-0.3, -0.25) is 0 Å². The van der Waals surface area contributed by atoms with Gasteiger partial charge in [-0.15, -0.1) is 0 Å². The van der Waals surface area contributed by atoms with Gasteiger partial charge in [0.15, 0.2) is 0 Å². The van der Waals surface area contributed by atoms with Gasteiger partial charge < -0.3 is 4.55 Å². The maximum atomic E-state index is 10.9. The summed E-state index contributed by atoms with van der Waals surface area (Å²) < 4.78 is 32.6. The standard InChI is InChI=1S/C10H22O3S.Na/c1-3-5-7-9-10(8-6-4-2)14(11,12)13;/h10H,3-9H2,1-2H3,(H,11,12,13);/q;+1/p-1. The summed E-state index contributed by atoms with van der Waals surface area (Å²) in [5, 5.41) is -0.644. The average molecular weight is 244 g/mol. The van der Waals surface area contributed by atoms with Crippen LogP contribution in [0.25, 0.3) is 0 Å². The van der Waals surface area contributed by atoms with E-state index in [9.17, 15) is 13.0 Å². The number of rotatable bonds is 8. The van der Waals surface area contributed by atoms with Gasteiger partial charge in [0.1, 0.15) is 0 Å². The number of hydrogen-bond acceptors (Lipinski definition) is 3. The Labute approximate surface area is 116 Å². The second-order valence-electron chi connectivity index (χ2n) is 3.75. The second kappa shape index (κ2) is 10.1. The number of hydrogen-bond donors (Lipinski definition) is 0. The summed E-state index contributed by atoms with van der Waals surface area (Å²) >= 11 is 0. The first-order valence-corrected chi connectivity index (χ1v) is 6.94. The third kappa shape index (κ3) is 9.82. The molecule has 1 atom stereocenters. The Balaban J connectivity index is 0. The van der Waals surface area contributed by atoms with Gasteiger partial charge in [0.05, 0.1) is 10.1 Å². The fraction of sp³-hybridized carbons (Fsp3) is 1.00. The summed E-state index contributed by atoms with van der Waals surface area (Å²) in [5.74, 6) is 0. The summed E-state index contributed by atoms with van der Waals surface area (Å²) in [7, 11) is -4.07. The molecule has 0 radical (unpaired) electrons. The van der Waals surface area contributed by atoms with E-state index in [2.05, 4.69) is 6.92 Å². The van der Waals surface area contributed by atoms with Crippen LogP contribution in [0.2, 0.25) is 0 Å². The third-order valence-electron chi connectivity index (χ3n) is 2.42. The molecule has 1 unspecified atom stereocenters. The van der Waals surface area contributed by atoms with Crippen LogP contribution in [0.15, 0.2) is 0 Å². The Bertz CT molecular complexity index is 227. The van der Waals surface area contributed by atoms with Gasteiger partial charge in [-0.1, -0.05) is 46.0 Å². The minimum absolute atomic E-state index is 0. The van der Waals surface area contributed by atoms with E-state index in [1.807, 2.05) is 6.92 Å². The molecule has 0 rings (SSSR count). The zero-order chi connectivity index (χ0) is 11.0. The molecule has 15 heavy (non-hydrogen) atoms. The van der Waals surface area contributed by atoms with Crippen molar-refractivity contribution in [3.63, 3.8) is 0 Å². The Kier molecular flexibility index (Phi) is 12.3. The van der Waals surface area contributed by atoms with Crippen molar-refractivity contribution in [3.8, 4) is 0 Å². The van der Waals surface area contributed by atoms with E-state index in [4.69, 9.17) is 0 Å². The van der Waals surface area contributed by atoms with E-state index in [1.165, 1.54) is 0 Å². The molecule has 0 aromatic carbocycles. The van der Waals surface area contributed by atoms with Gasteiger partial charge in [-0.05, 0) is 12.8 Å². The molecule has 0 aromatic rings. The maximum absolute atomic E-state index is 10.9. The molecule has 0 bridgehead atoms. The van der Waals surface area contributed by atoms with Crippen molar-refractivity contribution in [2.45, 2.75) is 64.0 Å². The van der Waals surface area contributed by atoms with E-state index in [0.717, 1.165) is 32.1 Å². The minimum atomic E-state index is -4.07. The van der Waals surface area contributed by atoms with E-state index in [1.54, 1.807) is 0 Å². The fourth-order valence-electron chi connectivity index (χ4n) is 1.49. The molecule has 0 aliphatic carbocycles. The Hall–Kier alpha value is 0.910. The first-order chi connectivity index (χ1) is 6.52. The number of unbranched alkanes of at least 4 members (excludes halogenated alkanes) is 3. The van der Waals surface area contributed by atoms with Crippen LogP contribution in [-0.4, -0.2) is 18.2 Å². The van der Waals surface area contributed by atoms with Crippen LogP contribution in [0.5, 0.6) is 0 Å². The van der Waals surface area contributed by atoms with Crippen LogP contribution in [0.3, 0.4) is 0 Å². The van der Waals surface area contributed by atoms with Crippen molar-refractivity contribution in [1.29, 1.82) is 0 Å². The van der Waals surface area contributed by atoms with Crippen molar-refractivity contribution in [1.82, 2.24) is 0 Å². The molecule has 0 saturated carbocycles. The van der Waals surface area contributed by atoms with Gasteiger partial charge >= 0.3 is 29.6 Å². The molecule has 5 heteroatoms. The van der Waals surface area contributed by atoms with Gasteiger partial charge in [0.25, 0.3) is 0 Å². The van der Waals surface area contributed by atoms with Crippen molar-refractivity contribution < 1.29 is 42.5 Å². The molecule has 0 N–H and O–H groups in total. The molecular weight excluding hydrogens is 223 g/mol. The second-order valence-corrected chi connectivity index (χ2v) is 5.41. The monoisotopic (exact) mass is 244 g/mol. The smallest absolute Gasteiger partial charge is 0.748 e. The Morgan fingerprint density at radius 3 is 1.87 bits per heavy atom. The first-order valence-electron chi connectivity index (χ1n) is 5.47. The van der Waals surface area contributed by atoms with E-state index < -0.39 is 15.4 Å². The molecule has 3 nitrogen and oxygen atoms in total. The van der Waals surface area contributed by atoms with Crippen LogP contribution in [0.4, 0.5) is 0 Å². The van der Waals surface area contributed by atoms with Crippen molar-refractivity contribution in [2.75, 3.05) is 0 Å².